The van der Waals surface area contributed by atoms with Crippen LogP contribution in [0.25, 0.3) is 6.08 Å². The van der Waals surface area contributed by atoms with E-state index in [9.17, 15) is 4.79 Å². The van der Waals surface area contributed by atoms with Crippen molar-refractivity contribution in [2.45, 2.75) is 26.7 Å². The molecular formula is C20H23NO2. The van der Waals surface area contributed by atoms with Gasteiger partial charge in [-0.3, -0.25) is 4.79 Å². The van der Waals surface area contributed by atoms with Gasteiger partial charge < -0.3 is 10.1 Å². The maximum Gasteiger partial charge on any atom is 0.248 e. The van der Waals surface area contributed by atoms with Crippen LogP contribution in [0.4, 0.5) is 5.69 Å². The zero-order valence-electron chi connectivity index (χ0n) is 14.1. The smallest absolute Gasteiger partial charge is 0.248 e. The van der Waals surface area contributed by atoms with Crippen molar-refractivity contribution in [1.29, 1.82) is 0 Å². The second-order valence-electron chi connectivity index (χ2n) is 5.79. The fourth-order valence-electron chi connectivity index (χ4n) is 2.39. The quantitative estimate of drug-likeness (QED) is 0.807. The van der Waals surface area contributed by atoms with Crippen molar-refractivity contribution in [2.24, 2.45) is 0 Å². The molecule has 0 spiro atoms. The number of hydrogen-bond acceptors (Lipinski definition) is 2. The summed E-state index contributed by atoms with van der Waals surface area (Å²) in [7, 11) is 1.63. The lowest BCUT2D eigenvalue weighted by atomic mass is 9.98. The van der Waals surface area contributed by atoms with E-state index in [-0.39, 0.29) is 5.91 Å². The van der Waals surface area contributed by atoms with E-state index in [4.69, 9.17) is 4.74 Å². The van der Waals surface area contributed by atoms with Gasteiger partial charge in [0, 0.05) is 11.8 Å². The van der Waals surface area contributed by atoms with Gasteiger partial charge in [-0.15, -0.1) is 0 Å². The molecule has 0 fully saturated rings. The average Bonchev–Trinajstić information content (AvgIpc) is 2.55. The number of aryl methyl sites for hydroxylation is 1. The highest BCUT2D eigenvalue weighted by Crippen LogP contribution is 2.27. The Morgan fingerprint density at radius 2 is 1.83 bits per heavy atom. The van der Waals surface area contributed by atoms with Crippen LogP contribution in [0.15, 0.2) is 48.5 Å². The summed E-state index contributed by atoms with van der Waals surface area (Å²) < 4.78 is 5.12. The number of methoxy groups -OCH3 is 1. The highest BCUT2D eigenvalue weighted by atomic mass is 16.5. The summed E-state index contributed by atoms with van der Waals surface area (Å²) in [6.45, 7) is 6.25. The van der Waals surface area contributed by atoms with Gasteiger partial charge in [-0.05, 0) is 47.7 Å². The van der Waals surface area contributed by atoms with Crippen molar-refractivity contribution in [3.63, 3.8) is 0 Å². The lowest BCUT2D eigenvalue weighted by Crippen LogP contribution is -2.11. The first kappa shape index (κ1) is 16.8. The summed E-state index contributed by atoms with van der Waals surface area (Å²) in [6.07, 6.45) is 3.35. The molecule has 0 atom stereocenters. The zero-order valence-corrected chi connectivity index (χ0v) is 14.1. The molecule has 2 rings (SSSR count). The molecule has 0 bridgehead atoms. The first-order valence-electron chi connectivity index (χ1n) is 7.74. The highest BCUT2D eigenvalue weighted by molar-refractivity contribution is 6.02. The number of carbonyl (C=O) groups excluding carboxylic acids is 1. The SMILES string of the molecule is COc1ccc(/C=C/C(=O)Nc2c(C)cccc2C(C)C)cc1. The van der Waals surface area contributed by atoms with Gasteiger partial charge >= 0.3 is 0 Å². The Bertz CT molecular complexity index is 700. The third kappa shape index (κ3) is 4.46. The number of hydrogen-bond donors (Lipinski definition) is 1. The van der Waals surface area contributed by atoms with Crippen molar-refractivity contribution >= 4 is 17.7 Å². The number of anilines is 1. The number of para-hydroxylation sites is 1. The third-order valence-electron chi connectivity index (χ3n) is 3.72. The second kappa shape index (κ2) is 7.63. The summed E-state index contributed by atoms with van der Waals surface area (Å²) >= 11 is 0. The molecule has 1 amide bonds. The molecule has 0 aromatic heterocycles. The van der Waals surface area contributed by atoms with Gasteiger partial charge in [0.1, 0.15) is 5.75 Å². The number of nitrogens with one attached hydrogen (secondary N) is 1. The lowest BCUT2D eigenvalue weighted by molar-refractivity contribution is -0.111. The molecule has 2 aromatic rings. The first-order chi connectivity index (χ1) is 11.0. The summed E-state index contributed by atoms with van der Waals surface area (Å²) in [4.78, 5) is 12.2. The van der Waals surface area contributed by atoms with Gasteiger partial charge in [0.2, 0.25) is 5.91 Å². The molecule has 0 aliphatic rings. The van der Waals surface area contributed by atoms with Crippen LogP contribution in [0.1, 0.15) is 36.5 Å². The number of ether oxygens (including phenoxy) is 1. The fraction of sp³-hybridized carbons (Fsp3) is 0.250. The van der Waals surface area contributed by atoms with Gasteiger partial charge in [-0.25, -0.2) is 0 Å². The molecule has 0 heterocycles. The topological polar surface area (TPSA) is 38.3 Å². The Morgan fingerprint density at radius 1 is 1.13 bits per heavy atom. The van der Waals surface area contributed by atoms with Gasteiger partial charge in [0.25, 0.3) is 0 Å². The molecule has 120 valence electrons. The Hall–Kier alpha value is -2.55. The summed E-state index contributed by atoms with van der Waals surface area (Å²) in [6, 6.07) is 13.7. The van der Waals surface area contributed by atoms with Crippen molar-refractivity contribution in [3.05, 3.63) is 65.2 Å². The van der Waals surface area contributed by atoms with Crippen molar-refractivity contribution in [1.82, 2.24) is 0 Å². The first-order valence-corrected chi connectivity index (χ1v) is 7.74. The Balaban J connectivity index is 2.11. The molecule has 2 aromatic carbocycles. The van der Waals surface area contributed by atoms with Crippen LogP contribution < -0.4 is 10.1 Å². The zero-order chi connectivity index (χ0) is 16.8. The van der Waals surface area contributed by atoms with Crippen LogP contribution in [-0.2, 0) is 4.79 Å². The van der Waals surface area contributed by atoms with Crippen molar-refractivity contribution in [3.8, 4) is 5.75 Å². The van der Waals surface area contributed by atoms with E-state index in [1.807, 2.05) is 43.3 Å². The van der Waals surface area contributed by atoms with Crippen molar-refractivity contribution in [2.75, 3.05) is 12.4 Å². The minimum Gasteiger partial charge on any atom is -0.497 e. The molecule has 0 aliphatic heterocycles. The Kier molecular flexibility index (Phi) is 5.58. The molecule has 0 saturated carbocycles. The lowest BCUT2D eigenvalue weighted by Gasteiger charge is -2.15. The molecule has 0 aliphatic carbocycles. The van der Waals surface area contributed by atoms with E-state index in [1.165, 1.54) is 0 Å². The normalized spacial score (nSPS) is 11.0. The van der Waals surface area contributed by atoms with Gasteiger partial charge in [-0.1, -0.05) is 44.2 Å². The maximum atomic E-state index is 12.2. The number of amides is 1. The second-order valence-corrected chi connectivity index (χ2v) is 5.79. The Morgan fingerprint density at radius 3 is 2.43 bits per heavy atom. The molecule has 1 N–H and O–H groups in total. The largest absolute Gasteiger partial charge is 0.497 e. The van der Waals surface area contributed by atoms with Crippen LogP contribution >= 0.6 is 0 Å². The molecular weight excluding hydrogens is 286 g/mol. The van der Waals surface area contributed by atoms with Crippen LogP contribution in [0.3, 0.4) is 0 Å². The van der Waals surface area contributed by atoms with Crippen LogP contribution in [-0.4, -0.2) is 13.0 Å². The number of carbonyl (C=O) groups is 1. The summed E-state index contributed by atoms with van der Waals surface area (Å²) in [5, 5.41) is 3.00. The number of rotatable bonds is 5. The van der Waals surface area contributed by atoms with Crippen LogP contribution in [0, 0.1) is 6.92 Å². The van der Waals surface area contributed by atoms with E-state index in [0.29, 0.717) is 5.92 Å². The fourth-order valence-corrected chi connectivity index (χ4v) is 2.39. The molecule has 0 radical (unpaired) electrons. The van der Waals surface area contributed by atoms with Crippen LogP contribution in [0.5, 0.6) is 5.75 Å². The Labute approximate surface area is 138 Å². The maximum absolute atomic E-state index is 12.2. The molecule has 3 heteroatoms. The predicted octanol–water partition coefficient (Wildman–Crippen LogP) is 4.78. The third-order valence-corrected chi connectivity index (χ3v) is 3.72. The van der Waals surface area contributed by atoms with E-state index in [0.717, 1.165) is 28.1 Å². The van der Waals surface area contributed by atoms with E-state index in [1.54, 1.807) is 19.3 Å². The van der Waals surface area contributed by atoms with Crippen molar-refractivity contribution < 1.29 is 9.53 Å². The average molecular weight is 309 g/mol. The van der Waals surface area contributed by atoms with Gasteiger partial charge in [-0.2, -0.15) is 0 Å². The highest BCUT2D eigenvalue weighted by Gasteiger charge is 2.10. The summed E-state index contributed by atoms with van der Waals surface area (Å²) in [5.74, 6) is 1.03. The monoisotopic (exact) mass is 309 g/mol. The molecule has 0 saturated heterocycles. The van der Waals surface area contributed by atoms with Gasteiger partial charge in [0.05, 0.1) is 7.11 Å². The van der Waals surface area contributed by atoms with E-state index in [2.05, 4.69) is 25.2 Å². The van der Waals surface area contributed by atoms with E-state index >= 15 is 0 Å². The molecule has 3 nitrogen and oxygen atoms in total. The minimum atomic E-state index is -0.128. The summed E-state index contributed by atoms with van der Waals surface area (Å²) in [5.41, 5.74) is 4.08. The standard InChI is InChI=1S/C20H23NO2/c1-14(2)18-7-5-6-15(3)20(18)21-19(22)13-10-16-8-11-17(23-4)12-9-16/h5-14H,1-4H3,(H,21,22)/b13-10+. The minimum absolute atomic E-state index is 0.128. The van der Waals surface area contributed by atoms with Gasteiger partial charge in [0.15, 0.2) is 0 Å². The van der Waals surface area contributed by atoms with Crippen LogP contribution in [0.2, 0.25) is 0 Å². The molecule has 23 heavy (non-hydrogen) atoms. The molecule has 0 unspecified atom stereocenters. The number of benzene rings is 2. The van der Waals surface area contributed by atoms with E-state index < -0.39 is 0 Å². The predicted molar refractivity (Wildman–Crippen MR) is 95.9 cm³/mol.